The summed E-state index contributed by atoms with van der Waals surface area (Å²) in [5, 5.41) is 9.54. The largest absolute Gasteiger partial charge is 0.508 e. The van der Waals surface area contributed by atoms with E-state index in [1.54, 1.807) is 18.2 Å². The fraction of sp³-hybridized carbons (Fsp3) is 0.562. The lowest BCUT2D eigenvalue weighted by molar-refractivity contribution is 0.0685. The summed E-state index contributed by atoms with van der Waals surface area (Å²) in [4.78, 5) is 14.5. The highest BCUT2D eigenvalue weighted by molar-refractivity contribution is 5.94. The first-order chi connectivity index (χ1) is 9.01. The van der Waals surface area contributed by atoms with Crippen molar-refractivity contribution in [2.45, 2.75) is 53.0 Å². The summed E-state index contributed by atoms with van der Waals surface area (Å²) >= 11 is 0. The molecule has 0 aliphatic heterocycles. The maximum atomic E-state index is 12.6. The number of unbranched alkanes of at least 4 members (excludes halogenated alkanes) is 1. The first-order valence-corrected chi connectivity index (χ1v) is 7.11. The SMILES string of the molecule is CCCCN(C(=O)c1ccc(O)c(C)c1)C(C)CC. The lowest BCUT2D eigenvalue weighted by Gasteiger charge is -2.29. The lowest BCUT2D eigenvalue weighted by Crippen LogP contribution is -2.39. The molecule has 0 aliphatic rings. The van der Waals surface area contributed by atoms with Crippen molar-refractivity contribution in [1.29, 1.82) is 0 Å². The van der Waals surface area contributed by atoms with Gasteiger partial charge in [-0.1, -0.05) is 20.3 Å². The van der Waals surface area contributed by atoms with E-state index in [9.17, 15) is 9.90 Å². The molecule has 19 heavy (non-hydrogen) atoms. The molecule has 0 radical (unpaired) electrons. The summed E-state index contributed by atoms with van der Waals surface area (Å²) in [6, 6.07) is 5.30. The summed E-state index contributed by atoms with van der Waals surface area (Å²) in [5.74, 6) is 0.297. The molecule has 0 aliphatic carbocycles. The molecule has 0 fully saturated rings. The van der Waals surface area contributed by atoms with E-state index in [4.69, 9.17) is 0 Å². The first-order valence-electron chi connectivity index (χ1n) is 7.11. The van der Waals surface area contributed by atoms with Crippen molar-refractivity contribution in [1.82, 2.24) is 4.90 Å². The minimum absolute atomic E-state index is 0.0610. The zero-order valence-electron chi connectivity index (χ0n) is 12.4. The number of aromatic hydroxyl groups is 1. The number of rotatable bonds is 6. The van der Waals surface area contributed by atoms with Gasteiger partial charge in [-0.15, -0.1) is 0 Å². The van der Waals surface area contributed by atoms with Gasteiger partial charge in [0, 0.05) is 18.2 Å². The Kier molecular flexibility index (Phi) is 5.87. The molecule has 0 aromatic heterocycles. The van der Waals surface area contributed by atoms with Crippen LogP contribution in [0.3, 0.4) is 0 Å². The van der Waals surface area contributed by atoms with Crippen molar-refractivity contribution >= 4 is 5.91 Å². The number of phenols is 1. The number of aryl methyl sites for hydroxylation is 1. The Balaban J connectivity index is 2.94. The average Bonchev–Trinajstić information content (AvgIpc) is 2.41. The van der Waals surface area contributed by atoms with Crippen LogP contribution < -0.4 is 0 Å². The second-order valence-electron chi connectivity index (χ2n) is 5.11. The fourth-order valence-electron chi connectivity index (χ4n) is 2.03. The number of phenolic OH excluding ortho intramolecular Hbond substituents is 1. The monoisotopic (exact) mass is 263 g/mol. The standard InChI is InChI=1S/C16H25NO2/c1-5-7-10-17(13(4)6-2)16(19)14-8-9-15(18)12(3)11-14/h8-9,11,13,18H,5-7,10H2,1-4H3. The molecule has 0 saturated carbocycles. The maximum Gasteiger partial charge on any atom is 0.254 e. The highest BCUT2D eigenvalue weighted by Crippen LogP contribution is 2.19. The summed E-state index contributed by atoms with van der Waals surface area (Å²) < 4.78 is 0. The predicted molar refractivity (Wildman–Crippen MR) is 78.5 cm³/mol. The van der Waals surface area contributed by atoms with Crippen LogP contribution in [-0.2, 0) is 0 Å². The molecule has 1 unspecified atom stereocenters. The highest BCUT2D eigenvalue weighted by atomic mass is 16.3. The quantitative estimate of drug-likeness (QED) is 0.849. The summed E-state index contributed by atoms with van der Waals surface area (Å²) in [7, 11) is 0. The van der Waals surface area contributed by atoms with Crippen LogP contribution in [0.15, 0.2) is 18.2 Å². The molecule has 1 atom stereocenters. The van der Waals surface area contributed by atoms with Crippen LogP contribution in [-0.4, -0.2) is 28.5 Å². The van der Waals surface area contributed by atoms with E-state index < -0.39 is 0 Å². The van der Waals surface area contributed by atoms with Crippen molar-refractivity contribution in [3.63, 3.8) is 0 Å². The third kappa shape index (κ3) is 3.98. The van der Waals surface area contributed by atoms with Gasteiger partial charge in [-0.05, 0) is 50.5 Å². The molecule has 106 valence electrons. The van der Waals surface area contributed by atoms with E-state index >= 15 is 0 Å². The smallest absolute Gasteiger partial charge is 0.254 e. The Labute approximate surface area is 116 Å². The van der Waals surface area contributed by atoms with Gasteiger partial charge in [0.25, 0.3) is 5.91 Å². The summed E-state index contributed by atoms with van der Waals surface area (Å²) in [6.07, 6.45) is 3.05. The predicted octanol–water partition coefficient (Wildman–Crippen LogP) is 3.74. The van der Waals surface area contributed by atoms with Gasteiger partial charge in [0.15, 0.2) is 0 Å². The molecule has 1 aromatic carbocycles. The third-order valence-electron chi connectivity index (χ3n) is 3.58. The molecule has 0 saturated heterocycles. The van der Waals surface area contributed by atoms with Crippen LogP contribution in [0, 0.1) is 6.92 Å². The van der Waals surface area contributed by atoms with Gasteiger partial charge >= 0.3 is 0 Å². The van der Waals surface area contributed by atoms with Gasteiger partial charge in [0.2, 0.25) is 0 Å². The van der Waals surface area contributed by atoms with Crippen LogP contribution in [0.25, 0.3) is 0 Å². The summed E-state index contributed by atoms with van der Waals surface area (Å²) in [5.41, 5.74) is 1.40. The lowest BCUT2D eigenvalue weighted by atomic mass is 10.1. The van der Waals surface area contributed by atoms with Gasteiger partial charge < -0.3 is 10.0 Å². The fourth-order valence-corrected chi connectivity index (χ4v) is 2.03. The van der Waals surface area contributed by atoms with Gasteiger partial charge in [0.05, 0.1) is 0 Å². The molecular weight excluding hydrogens is 238 g/mol. The molecule has 0 spiro atoms. The average molecular weight is 263 g/mol. The number of benzene rings is 1. The van der Waals surface area contributed by atoms with Crippen molar-refractivity contribution in [3.8, 4) is 5.75 Å². The molecule has 3 heteroatoms. The first kappa shape index (κ1) is 15.5. The van der Waals surface area contributed by atoms with Gasteiger partial charge in [-0.25, -0.2) is 0 Å². The minimum atomic E-state index is 0.0610. The Morgan fingerprint density at radius 2 is 2.05 bits per heavy atom. The van der Waals surface area contributed by atoms with E-state index in [-0.39, 0.29) is 17.7 Å². The third-order valence-corrected chi connectivity index (χ3v) is 3.58. The number of amides is 1. The highest BCUT2D eigenvalue weighted by Gasteiger charge is 2.20. The molecule has 1 N–H and O–H groups in total. The van der Waals surface area contributed by atoms with E-state index in [1.807, 2.05) is 11.8 Å². The number of hydrogen-bond acceptors (Lipinski definition) is 2. The van der Waals surface area contributed by atoms with E-state index in [0.717, 1.165) is 31.4 Å². The van der Waals surface area contributed by atoms with Crippen molar-refractivity contribution < 1.29 is 9.90 Å². The normalized spacial score (nSPS) is 12.2. The van der Waals surface area contributed by atoms with Crippen molar-refractivity contribution in [3.05, 3.63) is 29.3 Å². The Hall–Kier alpha value is -1.51. The van der Waals surface area contributed by atoms with Crippen molar-refractivity contribution in [2.75, 3.05) is 6.54 Å². The van der Waals surface area contributed by atoms with Gasteiger partial charge in [-0.2, -0.15) is 0 Å². The topological polar surface area (TPSA) is 40.5 Å². The Morgan fingerprint density at radius 3 is 2.58 bits per heavy atom. The maximum absolute atomic E-state index is 12.6. The van der Waals surface area contributed by atoms with Gasteiger partial charge in [0.1, 0.15) is 5.75 Å². The second-order valence-corrected chi connectivity index (χ2v) is 5.11. The van der Waals surface area contributed by atoms with Crippen LogP contribution in [0.5, 0.6) is 5.75 Å². The summed E-state index contributed by atoms with van der Waals surface area (Å²) in [6.45, 7) is 8.92. The zero-order valence-corrected chi connectivity index (χ0v) is 12.4. The second kappa shape index (κ2) is 7.17. The minimum Gasteiger partial charge on any atom is -0.508 e. The molecule has 0 heterocycles. The van der Waals surface area contributed by atoms with E-state index in [0.29, 0.717) is 5.56 Å². The molecule has 1 amide bonds. The van der Waals surface area contributed by atoms with E-state index in [1.165, 1.54) is 0 Å². The molecule has 1 rings (SSSR count). The number of nitrogens with zero attached hydrogens (tertiary/aromatic N) is 1. The van der Waals surface area contributed by atoms with Crippen molar-refractivity contribution in [2.24, 2.45) is 0 Å². The molecule has 3 nitrogen and oxygen atoms in total. The number of carbonyl (C=O) groups is 1. The Bertz CT molecular complexity index is 429. The molecular formula is C16H25NO2. The molecule has 0 bridgehead atoms. The van der Waals surface area contributed by atoms with Crippen LogP contribution in [0.1, 0.15) is 56.0 Å². The number of carbonyl (C=O) groups excluding carboxylic acids is 1. The van der Waals surface area contributed by atoms with Crippen LogP contribution >= 0.6 is 0 Å². The van der Waals surface area contributed by atoms with Crippen LogP contribution in [0.2, 0.25) is 0 Å². The Morgan fingerprint density at radius 1 is 1.37 bits per heavy atom. The zero-order chi connectivity index (χ0) is 14.4. The number of hydrogen-bond donors (Lipinski definition) is 1. The molecule has 1 aromatic rings. The van der Waals surface area contributed by atoms with Crippen LogP contribution in [0.4, 0.5) is 0 Å². The van der Waals surface area contributed by atoms with Gasteiger partial charge in [-0.3, -0.25) is 4.79 Å². The van der Waals surface area contributed by atoms with E-state index in [2.05, 4.69) is 20.8 Å².